The highest BCUT2D eigenvalue weighted by Crippen LogP contribution is 2.36. The predicted octanol–water partition coefficient (Wildman–Crippen LogP) is 3.62. The molecule has 0 saturated heterocycles. The van der Waals surface area contributed by atoms with Gasteiger partial charge in [-0.3, -0.25) is 14.1 Å². The molecule has 2 aromatic carbocycles. The van der Waals surface area contributed by atoms with Crippen LogP contribution in [0.15, 0.2) is 55.1 Å². The average Bonchev–Trinajstić information content (AvgIpc) is 3.18. The highest BCUT2D eigenvalue weighted by atomic mass is 32.2. The zero-order chi connectivity index (χ0) is 21.3. The zero-order valence-electron chi connectivity index (χ0n) is 15.6. The molecule has 0 aliphatic carbocycles. The van der Waals surface area contributed by atoms with Crippen molar-refractivity contribution in [3.8, 4) is 22.8 Å². The van der Waals surface area contributed by atoms with Crippen LogP contribution in [0.3, 0.4) is 0 Å². The number of hydrogen-bond acceptors (Lipinski definition) is 6. The first kappa shape index (κ1) is 19.7. The number of hydrogen-bond donors (Lipinski definition) is 1. The van der Waals surface area contributed by atoms with E-state index in [1.807, 2.05) is 0 Å². The highest BCUT2D eigenvalue weighted by Gasteiger charge is 2.16. The fraction of sp³-hybridized carbons (Fsp3) is 0.105. The second-order valence-electron chi connectivity index (χ2n) is 6.26. The Hall–Kier alpha value is -3.60. The summed E-state index contributed by atoms with van der Waals surface area (Å²) in [5.41, 5.74) is 1.57. The van der Waals surface area contributed by atoms with Crippen LogP contribution in [0.5, 0.6) is 11.5 Å². The minimum Gasteiger partial charge on any atom is -0.454 e. The number of nitrogens with one attached hydrogen (secondary N) is 1. The summed E-state index contributed by atoms with van der Waals surface area (Å²) in [6, 6.07) is 7.42. The molecule has 0 atom stereocenters. The van der Waals surface area contributed by atoms with Gasteiger partial charge in [-0.2, -0.15) is 0 Å². The Kier molecular flexibility index (Phi) is 5.04. The SMILES string of the molecule is CCS(=O)(=O)Nc1ccc(Oc2ccc(F)cc2F)c(-c2cn3cnnc3cn2)c1. The van der Waals surface area contributed by atoms with E-state index in [9.17, 15) is 17.2 Å². The maximum absolute atomic E-state index is 14.1. The molecule has 4 rings (SSSR count). The Labute approximate surface area is 170 Å². The number of rotatable bonds is 6. The molecule has 0 aliphatic rings. The van der Waals surface area contributed by atoms with Gasteiger partial charge in [-0.1, -0.05) is 0 Å². The van der Waals surface area contributed by atoms with Crippen molar-refractivity contribution in [1.29, 1.82) is 0 Å². The van der Waals surface area contributed by atoms with Crippen molar-refractivity contribution in [2.24, 2.45) is 0 Å². The second-order valence-corrected chi connectivity index (χ2v) is 8.27. The lowest BCUT2D eigenvalue weighted by molar-refractivity contribution is 0.439. The maximum Gasteiger partial charge on any atom is 0.232 e. The molecule has 0 fully saturated rings. The molecule has 0 radical (unpaired) electrons. The van der Waals surface area contributed by atoms with Gasteiger partial charge >= 0.3 is 0 Å². The van der Waals surface area contributed by atoms with E-state index < -0.39 is 21.7 Å². The lowest BCUT2D eigenvalue weighted by Gasteiger charge is -2.14. The Morgan fingerprint density at radius 1 is 1.13 bits per heavy atom. The van der Waals surface area contributed by atoms with Crippen LogP contribution in [-0.4, -0.2) is 33.8 Å². The molecule has 154 valence electrons. The minimum absolute atomic E-state index is 0.105. The van der Waals surface area contributed by atoms with Crippen molar-refractivity contribution in [3.63, 3.8) is 0 Å². The zero-order valence-corrected chi connectivity index (χ0v) is 16.4. The summed E-state index contributed by atoms with van der Waals surface area (Å²) >= 11 is 0. The third-order valence-electron chi connectivity index (χ3n) is 4.20. The molecule has 1 N–H and O–H groups in total. The second kappa shape index (κ2) is 7.67. The van der Waals surface area contributed by atoms with Crippen molar-refractivity contribution in [2.45, 2.75) is 6.92 Å². The van der Waals surface area contributed by atoms with E-state index in [-0.39, 0.29) is 22.9 Å². The molecule has 0 bridgehead atoms. The molecule has 4 aromatic rings. The van der Waals surface area contributed by atoms with Gasteiger partial charge in [0.05, 0.1) is 17.6 Å². The van der Waals surface area contributed by atoms with Gasteiger partial charge in [0.25, 0.3) is 0 Å². The normalized spacial score (nSPS) is 11.6. The van der Waals surface area contributed by atoms with Gasteiger partial charge in [0.15, 0.2) is 17.2 Å². The number of anilines is 1. The number of fused-ring (bicyclic) bond motifs is 1. The molecule has 0 spiro atoms. The molecule has 0 saturated carbocycles. The Morgan fingerprint density at radius 2 is 1.93 bits per heavy atom. The fourth-order valence-electron chi connectivity index (χ4n) is 2.69. The molecule has 8 nitrogen and oxygen atoms in total. The summed E-state index contributed by atoms with van der Waals surface area (Å²) in [4.78, 5) is 4.31. The lowest BCUT2D eigenvalue weighted by atomic mass is 10.1. The van der Waals surface area contributed by atoms with Crippen molar-refractivity contribution < 1.29 is 21.9 Å². The molecule has 2 heterocycles. The van der Waals surface area contributed by atoms with Crippen LogP contribution < -0.4 is 9.46 Å². The molecule has 2 aromatic heterocycles. The van der Waals surface area contributed by atoms with Gasteiger partial charge in [-0.25, -0.2) is 17.2 Å². The molecule has 30 heavy (non-hydrogen) atoms. The molecule has 11 heteroatoms. The van der Waals surface area contributed by atoms with E-state index >= 15 is 0 Å². The van der Waals surface area contributed by atoms with E-state index in [4.69, 9.17) is 4.74 Å². The first-order chi connectivity index (χ1) is 14.3. The molecular weight excluding hydrogens is 416 g/mol. The fourth-order valence-corrected chi connectivity index (χ4v) is 3.32. The number of nitrogens with zero attached hydrogens (tertiary/aromatic N) is 4. The van der Waals surface area contributed by atoms with Crippen LogP contribution in [0.2, 0.25) is 0 Å². The monoisotopic (exact) mass is 431 g/mol. The van der Waals surface area contributed by atoms with E-state index in [2.05, 4.69) is 19.9 Å². The van der Waals surface area contributed by atoms with E-state index in [1.54, 1.807) is 10.6 Å². The Balaban J connectivity index is 1.81. The Morgan fingerprint density at radius 3 is 2.70 bits per heavy atom. The number of sulfonamides is 1. The summed E-state index contributed by atoms with van der Waals surface area (Å²) in [6.45, 7) is 1.51. The van der Waals surface area contributed by atoms with Crippen LogP contribution in [0.1, 0.15) is 6.92 Å². The number of halogens is 2. The molecule has 0 amide bonds. The van der Waals surface area contributed by atoms with E-state index in [0.29, 0.717) is 23.0 Å². The van der Waals surface area contributed by atoms with Gasteiger partial charge in [-0.15, -0.1) is 10.2 Å². The van der Waals surface area contributed by atoms with Crippen LogP contribution in [-0.2, 0) is 10.0 Å². The first-order valence-electron chi connectivity index (χ1n) is 8.78. The number of aromatic nitrogens is 4. The summed E-state index contributed by atoms with van der Waals surface area (Å²) < 4.78 is 60.9. The topological polar surface area (TPSA) is 98.5 Å². The van der Waals surface area contributed by atoms with Crippen molar-refractivity contribution in [2.75, 3.05) is 10.5 Å². The molecular formula is C19H15F2N5O3S. The van der Waals surface area contributed by atoms with Gasteiger partial charge in [0.1, 0.15) is 17.9 Å². The van der Waals surface area contributed by atoms with Crippen molar-refractivity contribution >= 4 is 21.4 Å². The number of benzene rings is 2. The first-order valence-corrected chi connectivity index (χ1v) is 10.4. The summed E-state index contributed by atoms with van der Waals surface area (Å²) in [5, 5.41) is 7.67. The maximum atomic E-state index is 14.1. The summed E-state index contributed by atoms with van der Waals surface area (Å²) in [7, 11) is -3.52. The Bertz CT molecular complexity index is 1340. The van der Waals surface area contributed by atoms with Gasteiger partial charge in [-0.05, 0) is 37.3 Å². The van der Waals surface area contributed by atoms with Gasteiger partial charge in [0.2, 0.25) is 10.0 Å². The van der Waals surface area contributed by atoms with Gasteiger partial charge in [0, 0.05) is 23.5 Å². The standard InChI is InChI=1S/C19H15F2N5O3S/c1-2-30(27,28)25-13-4-6-17(29-18-5-3-12(20)7-15(18)21)14(8-13)16-10-26-11-23-24-19(26)9-22-16/h3-11,25H,2H2,1H3. The molecule has 0 aliphatic heterocycles. The third-order valence-corrected chi connectivity index (χ3v) is 5.51. The van der Waals surface area contributed by atoms with Crippen molar-refractivity contribution in [3.05, 3.63) is 66.8 Å². The minimum atomic E-state index is -3.52. The number of ether oxygens (including phenoxy) is 1. The van der Waals surface area contributed by atoms with Crippen LogP contribution in [0.4, 0.5) is 14.5 Å². The lowest BCUT2D eigenvalue weighted by Crippen LogP contribution is -2.14. The van der Waals surface area contributed by atoms with Gasteiger partial charge < -0.3 is 4.74 Å². The van der Waals surface area contributed by atoms with E-state index in [0.717, 1.165) is 6.07 Å². The van der Waals surface area contributed by atoms with Crippen LogP contribution in [0.25, 0.3) is 16.9 Å². The van der Waals surface area contributed by atoms with Crippen LogP contribution in [0, 0.1) is 11.6 Å². The van der Waals surface area contributed by atoms with E-state index in [1.165, 1.54) is 43.7 Å². The average molecular weight is 431 g/mol. The summed E-state index contributed by atoms with van der Waals surface area (Å²) in [5.74, 6) is -1.71. The molecule has 0 unspecified atom stereocenters. The highest BCUT2D eigenvalue weighted by molar-refractivity contribution is 7.92. The van der Waals surface area contributed by atoms with Crippen LogP contribution >= 0.6 is 0 Å². The smallest absolute Gasteiger partial charge is 0.232 e. The third kappa shape index (κ3) is 4.06. The quantitative estimate of drug-likeness (QED) is 0.501. The van der Waals surface area contributed by atoms with Crippen molar-refractivity contribution in [1.82, 2.24) is 19.6 Å². The largest absolute Gasteiger partial charge is 0.454 e. The predicted molar refractivity (Wildman–Crippen MR) is 106 cm³/mol. The summed E-state index contributed by atoms with van der Waals surface area (Å²) in [6.07, 6.45) is 4.58.